The number of aryl methyl sites for hydroxylation is 2. The Kier molecular flexibility index (Phi) is 9.31. The molecule has 0 aliphatic carbocycles. The minimum absolute atomic E-state index is 0.804. The maximum absolute atomic E-state index is 4.43. The van der Waals surface area contributed by atoms with Crippen molar-refractivity contribution in [1.29, 1.82) is 0 Å². The van der Waals surface area contributed by atoms with Gasteiger partial charge < -0.3 is 4.90 Å². The fraction of sp³-hybridized carbons (Fsp3) is 0.357. The molecule has 3 rings (SSSR count). The minimum Gasteiger partial charge on any atom is -0.372 e. The predicted molar refractivity (Wildman–Crippen MR) is 139 cm³/mol. The SMILES string of the molecule is CCCCN(CCCC)c1ccc(/N=N/c2ccc(/N=N/c3ccc(C)cc3)c(C)c2)cc1. The van der Waals surface area contributed by atoms with Crippen molar-refractivity contribution >= 4 is 28.4 Å². The van der Waals surface area contributed by atoms with Crippen LogP contribution in [0.15, 0.2) is 87.2 Å². The van der Waals surface area contributed by atoms with Crippen molar-refractivity contribution in [2.45, 2.75) is 53.4 Å². The first-order chi connectivity index (χ1) is 16.1. The van der Waals surface area contributed by atoms with Crippen LogP contribution < -0.4 is 4.90 Å². The van der Waals surface area contributed by atoms with Gasteiger partial charge >= 0.3 is 0 Å². The van der Waals surface area contributed by atoms with Gasteiger partial charge in [0.1, 0.15) is 0 Å². The molecule has 0 atom stereocenters. The molecule has 0 amide bonds. The number of hydrogen-bond acceptors (Lipinski definition) is 5. The Morgan fingerprint density at radius 1 is 0.606 bits per heavy atom. The Bertz CT molecular complexity index is 1040. The lowest BCUT2D eigenvalue weighted by Gasteiger charge is -2.24. The summed E-state index contributed by atoms with van der Waals surface area (Å²) in [7, 11) is 0. The van der Waals surface area contributed by atoms with Gasteiger partial charge in [0.15, 0.2) is 0 Å². The van der Waals surface area contributed by atoms with E-state index in [1.165, 1.54) is 36.9 Å². The van der Waals surface area contributed by atoms with E-state index in [4.69, 9.17) is 0 Å². The molecule has 0 radical (unpaired) electrons. The number of rotatable bonds is 11. The fourth-order valence-corrected chi connectivity index (χ4v) is 3.45. The Balaban J connectivity index is 1.65. The van der Waals surface area contributed by atoms with E-state index in [9.17, 15) is 0 Å². The number of azo groups is 2. The maximum atomic E-state index is 4.43. The smallest absolute Gasteiger partial charge is 0.0887 e. The van der Waals surface area contributed by atoms with Crippen LogP contribution in [0.25, 0.3) is 0 Å². The third-order valence-corrected chi connectivity index (χ3v) is 5.55. The van der Waals surface area contributed by atoms with Crippen molar-refractivity contribution < 1.29 is 0 Å². The molecule has 0 aromatic heterocycles. The first-order valence-electron chi connectivity index (χ1n) is 11.9. The van der Waals surface area contributed by atoms with Crippen LogP contribution in [0.3, 0.4) is 0 Å². The molecule has 0 N–H and O–H groups in total. The van der Waals surface area contributed by atoms with Gasteiger partial charge in [-0.15, -0.1) is 0 Å². The van der Waals surface area contributed by atoms with Crippen LogP contribution >= 0.6 is 0 Å². The van der Waals surface area contributed by atoms with Crippen molar-refractivity contribution in [3.63, 3.8) is 0 Å². The van der Waals surface area contributed by atoms with Gasteiger partial charge in [-0.05, 0) is 86.8 Å². The number of benzene rings is 3. The molecule has 0 unspecified atom stereocenters. The number of nitrogens with zero attached hydrogens (tertiary/aromatic N) is 5. The molecule has 0 aliphatic rings. The van der Waals surface area contributed by atoms with E-state index in [0.29, 0.717) is 0 Å². The number of unbranched alkanes of at least 4 members (excludes halogenated alkanes) is 2. The minimum atomic E-state index is 0.804. The topological polar surface area (TPSA) is 52.7 Å². The van der Waals surface area contributed by atoms with Crippen LogP contribution in [0.1, 0.15) is 50.7 Å². The van der Waals surface area contributed by atoms with E-state index in [0.717, 1.165) is 41.4 Å². The van der Waals surface area contributed by atoms with Crippen molar-refractivity contribution in [2.24, 2.45) is 20.5 Å². The van der Waals surface area contributed by atoms with Crippen molar-refractivity contribution in [2.75, 3.05) is 18.0 Å². The Morgan fingerprint density at radius 3 is 1.70 bits per heavy atom. The summed E-state index contributed by atoms with van der Waals surface area (Å²) in [6, 6.07) is 22.2. The van der Waals surface area contributed by atoms with Gasteiger partial charge in [0.25, 0.3) is 0 Å². The van der Waals surface area contributed by atoms with Crippen LogP contribution in [-0.2, 0) is 0 Å². The molecule has 3 aromatic carbocycles. The molecule has 0 saturated carbocycles. The fourth-order valence-electron chi connectivity index (χ4n) is 3.45. The summed E-state index contributed by atoms with van der Waals surface area (Å²) < 4.78 is 0. The summed E-state index contributed by atoms with van der Waals surface area (Å²) in [4.78, 5) is 2.47. The van der Waals surface area contributed by atoms with Crippen LogP contribution in [0.5, 0.6) is 0 Å². The lowest BCUT2D eigenvalue weighted by molar-refractivity contribution is 0.678. The molecule has 0 spiro atoms. The molecule has 0 fully saturated rings. The van der Waals surface area contributed by atoms with E-state index in [1.807, 2.05) is 61.5 Å². The van der Waals surface area contributed by atoms with Crippen LogP contribution in [0, 0.1) is 13.8 Å². The molecular weight excluding hydrogens is 406 g/mol. The number of anilines is 1. The molecule has 0 heterocycles. The monoisotopic (exact) mass is 441 g/mol. The average Bonchev–Trinajstić information content (AvgIpc) is 2.84. The lowest BCUT2D eigenvalue weighted by atomic mass is 10.2. The van der Waals surface area contributed by atoms with Gasteiger partial charge in [-0.25, -0.2) is 0 Å². The second-order valence-corrected chi connectivity index (χ2v) is 8.42. The van der Waals surface area contributed by atoms with Crippen LogP contribution in [0.2, 0.25) is 0 Å². The standard InChI is InChI=1S/C28H35N5/c1-5-7-19-33(20-8-6-2)27-16-13-25(14-17-27)29-31-26-15-18-28(23(4)21-26)32-30-24-11-9-22(3)10-12-24/h9-18,21H,5-8,19-20H2,1-4H3/b31-29+,32-30+. The largest absolute Gasteiger partial charge is 0.372 e. The predicted octanol–water partition coefficient (Wildman–Crippen LogP) is 9.54. The lowest BCUT2D eigenvalue weighted by Crippen LogP contribution is -2.25. The van der Waals surface area contributed by atoms with Crippen LogP contribution in [-0.4, -0.2) is 13.1 Å². The molecule has 172 valence electrons. The third-order valence-electron chi connectivity index (χ3n) is 5.55. The molecule has 5 nitrogen and oxygen atoms in total. The highest BCUT2D eigenvalue weighted by molar-refractivity contribution is 5.55. The summed E-state index contributed by atoms with van der Waals surface area (Å²) in [6.45, 7) is 10.8. The summed E-state index contributed by atoms with van der Waals surface area (Å²) in [5.41, 5.74) is 6.81. The van der Waals surface area contributed by atoms with Gasteiger partial charge in [0, 0.05) is 18.8 Å². The third kappa shape index (κ3) is 7.63. The summed E-state index contributed by atoms with van der Waals surface area (Å²) >= 11 is 0. The Labute approximate surface area is 198 Å². The van der Waals surface area contributed by atoms with Gasteiger partial charge in [0.2, 0.25) is 0 Å². The van der Waals surface area contributed by atoms with E-state index >= 15 is 0 Å². The molecule has 5 heteroatoms. The summed E-state index contributed by atoms with van der Waals surface area (Å²) in [5.74, 6) is 0. The van der Waals surface area contributed by atoms with Gasteiger partial charge in [0.05, 0.1) is 22.7 Å². The molecule has 0 saturated heterocycles. The highest BCUT2D eigenvalue weighted by Gasteiger charge is 2.06. The second-order valence-electron chi connectivity index (χ2n) is 8.42. The second kappa shape index (κ2) is 12.6. The first kappa shape index (κ1) is 24.3. The highest BCUT2D eigenvalue weighted by Crippen LogP contribution is 2.28. The summed E-state index contributed by atoms with van der Waals surface area (Å²) in [6.07, 6.45) is 4.84. The Hall–Kier alpha value is -3.34. The highest BCUT2D eigenvalue weighted by atomic mass is 15.1. The van der Waals surface area contributed by atoms with Crippen molar-refractivity contribution in [3.8, 4) is 0 Å². The van der Waals surface area contributed by atoms with E-state index in [2.05, 4.69) is 58.3 Å². The quantitative estimate of drug-likeness (QED) is 0.273. The molecule has 0 bridgehead atoms. The normalized spacial score (nSPS) is 11.5. The maximum Gasteiger partial charge on any atom is 0.0887 e. The molecule has 3 aromatic rings. The number of hydrogen-bond donors (Lipinski definition) is 0. The zero-order chi connectivity index (χ0) is 23.5. The van der Waals surface area contributed by atoms with E-state index in [-0.39, 0.29) is 0 Å². The molecule has 33 heavy (non-hydrogen) atoms. The first-order valence-corrected chi connectivity index (χ1v) is 11.9. The zero-order valence-electron chi connectivity index (χ0n) is 20.3. The van der Waals surface area contributed by atoms with Gasteiger partial charge in [-0.3, -0.25) is 0 Å². The average molecular weight is 442 g/mol. The summed E-state index contributed by atoms with van der Waals surface area (Å²) in [5, 5.41) is 17.6. The van der Waals surface area contributed by atoms with Crippen LogP contribution in [0.4, 0.5) is 28.4 Å². The molecular formula is C28H35N5. The zero-order valence-corrected chi connectivity index (χ0v) is 20.3. The molecule has 0 aliphatic heterocycles. The van der Waals surface area contributed by atoms with Gasteiger partial charge in [-0.1, -0.05) is 44.4 Å². The van der Waals surface area contributed by atoms with E-state index in [1.54, 1.807) is 0 Å². The Morgan fingerprint density at radius 2 is 1.12 bits per heavy atom. The van der Waals surface area contributed by atoms with Crippen molar-refractivity contribution in [1.82, 2.24) is 0 Å². The van der Waals surface area contributed by atoms with E-state index < -0.39 is 0 Å². The van der Waals surface area contributed by atoms with Crippen molar-refractivity contribution in [3.05, 3.63) is 77.9 Å². The van der Waals surface area contributed by atoms with Gasteiger partial charge in [-0.2, -0.15) is 20.5 Å².